The quantitative estimate of drug-likeness (QED) is 0.467. The SMILES string of the molecule is CC1C=C(Cc2ccc(N(CC3CO3)CC3CO3)cc2)C=CC1N(CC1CO1)CC1CO1. The van der Waals surface area contributed by atoms with Crippen molar-refractivity contribution in [1.29, 1.82) is 0 Å². The Morgan fingerprint density at radius 1 is 0.781 bits per heavy atom. The molecule has 0 spiro atoms. The molecule has 4 aliphatic heterocycles. The zero-order valence-electron chi connectivity index (χ0n) is 18.9. The van der Waals surface area contributed by atoms with Gasteiger partial charge in [-0.15, -0.1) is 0 Å². The summed E-state index contributed by atoms with van der Waals surface area (Å²) >= 11 is 0. The minimum atomic E-state index is 0.387. The fourth-order valence-corrected chi connectivity index (χ4v) is 4.83. The number of ether oxygens (including phenoxy) is 4. The maximum Gasteiger partial charge on any atom is 0.0984 e. The average molecular weight is 439 g/mol. The summed E-state index contributed by atoms with van der Waals surface area (Å²) in [6.07, 6.45) is 9.75. The van der Waals surface area contributed by atoms with E-state index in [1.165, 1.54) is 16.8 Å². The highest BCUT2D eigenvalue weighted by Crippen LogP contribution is 2.28. The van der Waals surface area contributed by atoms with Crippen LogP contribution < -0.4 is 4.90 Å². The van der Waals surface area contributed by atoms with Gasteiger partial charge in [0.2, 0.25) is 0 Å². The van der Waals surface area contributed by atoms with Crippen LogP contribution in [0, 0.1) is 5.92 Å². The number of epoxide rings is 4. The third kappa shape index (κ3) is 5.61. The van der Waals surface area contributed by atoms with Crippen LogP contribution in [0.3, 0.4) is 0 Å². The zero-order chi connectivity index (χ0) is 21.5. The molecule has 172 valence electrons. The van der Waals surface area contributed by atoms with Gasteiger partial charge in [-0.05, 0) is 35.6 Å². The summed E-state index contributed by atoms with van der Waals surface area (Å²) in [4.78, 5) is 4.97. The first-order valence-electron chi connectivity index (χ1n) is 12.1. The van der Waals surface area contributed by atoms with Gasteiger partial charge in [0.25, 0.3) is 0 Å². The second-order valence-corrected chi connectivity index (χ2v) is 9.97. The lowest BCUT2D eigenvalue weighted by Gasteiger charge is -2.34. The van der Waals surface area contributed by atoms with Crippen molar-refractivity contribution in [3.05, 3.63) is 53.6 Å². The second-order valence-electron chi connectivity index (χ2n) is 9.97. The summed E-state index contributed by atoms with van der Waals surface area (Å²) < 4.78 is 21.9. The lowest BCUT2D eigenvalue weighted by molar-refractivity contribution is 0.165. The van der Waals surface area contributed by atoms with E-state index in [0.29, 0.717) is 36.4 Å². The van der Waals surface area contributed by atoms with Crippen LogP contribution in [-0.2, 0) is 25.4 Å². The molecule has 32 heavy (non-hydrogen) atoms. The molecular weight excluding hydrogens is 404 g/mol. The molecule has 6 atom stereocenters. The standard InChI is InChI=1S/C26H34N2O4/c1-18-8-20(4-7-26(18)28(12-24-16-31-24)13-25-17-32-25)9-19-2-5-21(6-3-19)27(10-22-14-29-22)11-23-15-30-23/h2-8,18,22-26H,9-17H2,1H3. The minimum absolute atomic E-state index is 0.387. The van der Waals surface area contributed by atoms with Crippen LogP contribution in [0.25, 0.3) is 0 Å². The van der Waals surface area contributed by atoms with Crippen molar-refractivity contribution in [2.24, 2.45) is 5.92 Å². The van der Waals surface area contributed by atoms with Crippen LogP contribution in [0.15, 0.2) is 48.1 Å². The normalized spacial score (nSPS) is 34.4. The molecule has 4 saturated heterocycles. The Kier molecular flexibility index (Phi) is 5.82. The van der Waals surface area contributed by atoms with E-state index in [1.807, 2.05) is 0 Å². The van der Waals surface area contributed by atoms with E-state index in [4.69, 9.17) is 18.9 Å². The van der Waals surface area contributed by atoms with Gasteiger partial charge in [-0.3, -0.25) is 4.90 Å². The maximum atomic E-state index is 5.50. The number of allylic oxidation sites excluding steroid dienone is 2. The van der Waals surface area contributed by atoms with Gasteiger partial charge in [0.05, 0.1) is 50.8 Å². The number of hydrogen-bond donors (Lipinski definition) is 0. The molecule has 0 saturated carbocycles. The van der Waals surface area contributed by atoms with Crippen LogP contribution in [-0.4, -0.2) is 88.0 Å². The van der Waals surface area contributed by atoms with Crippen molar-refractivity contribution < 1.29 is 18.9 Å². The molecule has 1 aromatic carbocycles. The van der Waals surface area contributed by atoms with Gasteiger partial charge in [0.15, 0.2) is 0 Å². The summed E-state index contributed by atoms with van der Waals surface area (Å²) in [6.45, 7) is 9.86. The highest BCUT2D eigenvalue weighted by molar-refractivity contribution is 5.49. The predicted molar refractivity (Wildman–Crippen MR) is 123 cm³/mol. The molecule has 0 radical (unpaired) electrons. The minimum Gasteiger partial charge on any atom is -0.372 e. The molecule has 6 unspecified atom stereocenters. The van der Waals surface area contributed by atoms with Gasteiger partial charge >= 0.3 is 0 Å². The monoisotopic (exact) mass is 438 g/mol. The van der Waals surface area contributed by atoms with Gasteiger partial charge in [-0.2, -0.15) is 0 Å². The molecule has 1 aliphatic carbocycles. The van der Waals surface area contributed by atoms with Gasteiger partial charge < -0.3 is 23.8 Å². The average Bonchev–Trinajstić information content (AvgIpc) is 3.61. The van der Waals surface area contributed by atoms with Crippen LogP contribution in [0.4, 0.5) is 5.69 Å². The summed E-state index contributed by atoms with van der Waals surface area (Å²) in [5.74, 6) is 0.486. The maximum absolute atomic E-state index is 5.50. The van der Waals surface area contributed by atoms with Crippen molar-refractivity contribution in [3.63, 3.8) is 0 Å². The number of anilines is 1. The molecule has 0 aromatic heterocycles. The smallest absolute Gasteiger partial charge is 0.0984 e. The molecule has 6 heteroatoms. The molecule has 6 nitrogen and oxygen atoms in total. The third-order valence-corrected chi connectivity index (χ3v) is 6.99. The van der Waals surface area contributed by atoms with E-state index in [2.05, 4.69) is 59.2 Å². The molecule has 1 aromatic rings. The fourth-order valence-electron chi connectivity index (χ4n) is 4.83. The van der Waals surface area contributed by atoms with E-state index in [1.54, 1.807) is 0 Å². The molecule has 5 aliphatic rings. The van der Waals surface area contributed by atoms with Crippen LogP contribution in [0.1, 0.15) is 12.5 Å². The van der Waals surface area contributed by atoms with Crippen LogP contribution in [0.2, 0.25) is 0 Å². The zero-order valence-corrected chi connectivity index (χ0v) is 18.9. The summed E-state index contributed by atoms with van der Waals surface area (Å²) in [5, 5.41) is 0. The predicted octanol–water partition coefficient (Wildman–Crippen LogP) is 2.43. The molecule has 4 heterocycles. The first kappa shape index (κ1) is 20.9. The Balaban J connectivity index is 1.07. The Morgan fingerprint density at radius 3 is 1.81 bits per heavy atom. The molecule has 0 N–H and O–H groups in total. The number of nitrogens with zero attached hydrogens (tertiary/aromatic N) is 2. The molecule has 4 fully saturated rings. The highest BCUT2D eigenvalue weighted by atomic mass is 16.6. The highest BCUT2D eigenvalue weighted by Gasteiger charge is 2.35. The first-order chi connectivity index (χ1) is 15.7. The van der Waals surface area contributed by atoms with Gasteiger partial charge in [0.1, 0.15) is 0 Å². The van der Waals surface area contributed by atoms with E-state index >= 15 is 0 Å². The summed E-state index contributed by atoms with van der Waals surface area (Å²) in [5.41, 5.74) is 4.03. The Labute approximate surface area is 190 Å². The Hall–Kier alpha value is -1.70. The fraction of sp³-hybridized carbons (Fsp3) is 0.615. The van der Waals surface area contributed by atoms with E-state index in [9.17, 15) is 0 Å². The number of hydrogen-bond acceptors (Lipinski definition) is 6. The van der Waals surface area contributed by atoms with Crippen molar-refractivity contribution in [1.82, 2.24) is 4.90 Å². The van der Waals surface area contributed by atoms with E-state index in [0.717, 1.165) is 59.0 Å². The largest absolute Gasteiger partial charge is 0.372 e. The van der Waals surface area contributed by atoms with Crippen molar-refractivity contribution in [2.75, 3.05) is 57.5 Å². The van der Waals surface area contributed by atoms with Gasteiger partial charge in [-0.1, -0.05) is 37.3 Å². The molecular formula is C26H34N2O4. The van der Waals surface area contributed by atoms with Gasteiger partial charge in [-0.25, -0.2) is 0 Å². The first-order valence-corrected chi connectivity index (χ1v) is 12.1. The summed E-state index contributed by atoms with van der Waals surface area (Å²) in [7, 11) is 0. The molecule has 6 rings (SSSR count). The van der Waals surface area contributed by atoms with Crippen LogP contribution >= 0.6 is 0 Å². The van der Waals surface area contributed by atoms with Crippen molar-refractivity contribution in [2.45, 2.75) is 43.8 Å². The Bertz CT molecular complexity index is 825. The van der Waals surface area contributed by atoms with Crippen LogP contribution in [0.5, 0.6) is 0 Å². The summed E-state index contributed by atoms with van der Waals surface area (Å²) in [6, 6.07) is 9.49. The lowest BCUT2D eigenvalue weighted by atomic mass is 9.89. The number of benzene rings is 1. The van der Waals surface area contributed by atoms with Crippen molar-refractivity contribution >= 4 is 5.69 Å². The van der Waals surface area contributed by atoms with E-state index in [-0.39, 0.29) is 0 Å². The Morgan fingerprint density at radius 2 is 1.31 bits per heavy atom. The number of rotatable bonds is 12. The third-order valence-electron chi connectivity index (χ3n) is 6.99. The van der Waals surface area contributed by atoms with E-state index < -0.39 is 0 Å². The van der Waals surface area contributed by atoms with Gasteiger partial charge in [0, 0.05) is 37.9 Å². The topological polar surface area (TPSA) is 56.6 Å². The molecule has 0 bridgehead atoms. The molecule has 0 amide bonds. The second kappa shape index (κ2) is 8.92. The van der Waals surface area contributed by atoms with Crippen molar-refractivity contribution in [3.8, 4) is 0 Å². The lowest BCUT2D eigenvalue weighted by Crippen LogP contribution is -2.43.